The summed E-state index contributed by atoms with van der Waals surface area (Å²) in [7, 11) is 0. The molecule has 4 nitrogen and oxygen atoms in total. The fourth-order valence-corrected chi connectivity index (χ4v) is 1.75. The summed E-state index contributed by atoms with van der Waals surface area (Å²) in [5.74, 6) is 0.590. The van der Waals surface area contributed by atoms with Crippen LogP contribution in [0.3, 0.4) is 0 Å². The van der Waals surface area contributed by atoms with Crippen LogP contribution in [0.25, 0.3) is 0 Å². The number of amides is 1. The third-order valence-corrected chi connectivity index (χ3v) is 2.80. The molecule has 0 aliphatic carbocycles. The van der Waals surface area contributed by atoms with E-state index in [2.05, 4.69) is 10.3 Å². The average Bonchev–Trinajstić information content (AvgIpc) is 2.89. The van der Waals surface area contributed by atoms with Gasteiger partial charge in [-0.2, -0.15) is 0 Å². The molecule has 0 aliphatic heterocycles. The van der Waals surface area contributed by atoms with E-state index in [0.717, 1.165) is 11.1 Å². The van der Waals surface area contributed by atoms with Gasteiger partial charge in [0.2, 0.25) is 0 Å². The molecule has 2 rings (SSSR count). The van der Waals surface area contributed by atoms with Crippen molar-refractivity contribution >= 4 is 5.91 Å². The number of benzene rings is 1. The van der Waals surface area contributed by atoms with Crippen LogP contribution in [0.1, 0.15) is 18.1 Å². The molecular formula is C15H18N2O2. The number of aromatic amines is 1. The zero-order chi connectivity index (χ0) is 13.7. The normalized spacial score (nSPS) is 11.9. The number of hydrogen-bond acceptors (Lipinski definition) is 2. The van der Waals surface area contributed by atoms with Crippen molar-refractivity contribution in [1.29, 1.82) is 0 Å². The number of nitrogens with one attached hydrogen (secondary N) is 2. The second-order valence-corrected chi connectivity index (χ2v) is 4.51. The summed E-state index contributed by atoms with van der Waals surface area (Å²) >= 11 is 0. The minimum atomic E-state index is -0.513. The highest BCUT2D eigenvalue weighted by atomic mass is 16.5. The van der Waals surface area contributed by atoms with Crippen LogP contribution in [0.5, 0.6) is 5.75 Å². The highest BCUT2D eigenvalue weighted by Crippen LogP contribution is 2.14. The van der Waals surface area contributed by atoms with Crippen molar-refractivity contribution in [2.75, 3.05) is 0 Å². The van der Waals surface area contributed by atoms with Crippen LogP contribution >= 0.6 is 0 Å². The molecular weight excluding hydrogens is 240 g/mol. The van der Waals surface area contributed by atoms with Crippen LogP contribution in [0.2, 0.25) is 0 Å². The molecule has 0 fully saturated rings. The zero-order valence-electron chi connectivity index (χ0n) is 11.1. The lowest BCUT2D eigenvalue weighted by Crippen LogP contribution is -2.35. The van der Waals surface area contributed by atoms with E-state index in [0.29, 0.717) is 12.3 Å². The van der Waals surface area contributed by atoms with E-state index in [1.54, 1.807) is 6.92 Å². The number of aromatic nitrogens is 1. The molecule has 19 heavy (non-hydrogen) atoms. The lowest BCUT2D eigenvalue weighted by atomic mass is 10.2. The summed E-state index contributed by atoms with van der Waals surface area (Å²) in [6.45, 7) is 4.24. The van der Waals surface area contributed by atoms with Gasteiger partial charge in [-0.25, -0.2) is 0 Å². The van der Waals surface area contributed by atoms with Gasteiger partial charge in [-0.1, -0.05) is 12.1 Å². The van der Waals surface area contributed by atoms with E-state index < -0.39 is 6.10 Å². The summed E-state index contributed by atoms with van der Waals surface area (Å²) < 4.78 is 5.61. The molecule has 4 heteroatoms. The van der Waals surface area contributed by atoms with Gasteiger partial charge in [-0.3, -0.25) is 4.79 Å². The summed E-state index contributed by atoms with van der Waals surface area (Å²) in [5.41, 5.74) is 2.15. The molecule has 1 aromatic carbocycles. The number of carbonyl (C=O) groups excluding carboxylic acids is 1. The Hall–Kier alpha value is -2.23. The van der Waals surface area contributed by atoms with Crippen molar-refractivity contribution in [1.82, 2.24) is 10.3 Å². The molecule has 2 aromatic rings. The maximum Gasteiger partial charge on any atom is 0.261 e. The second kappa shape index (κ2) is 6.09. The monoisotopic (exact) mass is 258 g/mol. The minimum Gasteiger partial charge on any atom is -0.481 e. The molecule has 0 saturated heterocycles. The van der Waals surface area contributed by atoms with E-state index >= 15 is 0 Å². The first-order valence-corrected chi connectivity index (χ1v) is 6.28. The Morgan fingerprint density at radius 2 is 2.26 bits per heavy atom. The summed E-state index contributed by atoms with van der Waals surface area (Å²) in [6, 6.07) is 9.59. The lowest BCUT2D eigenvalue weighted by molar-refractivity contribution is -0.127. The Morgan fingerprint density at radius 3 is 2.95 bits per heavy atom. The Morgan fingerprint density at radius 1 is 1.42 bits per heavy atom. The van der Waals surface area contributed by atoms with Crippen LogP contribution in [0.15, 0.2) is 42.7 Å². The van der Waals surface area contributed by atoms with E-state index in [1.807, 2.05) is 49.6 Å². The average molecular weight is 258 g/mol. The maximum atomic E-state index is 11.9. The third-order valence-electron chi connectivity index (χ3n) is 2.80. The van der Waals surface area contributed by atoms with Crippen LogP contribution in [-0.4, -0.2) is 17.0 Å². The van der Waals surface area contributed by atoms with Gasteiger partial charge in [0.05, 0.1) is 0 Å². The summed E-state index contributed by atoms with van der Waals surface area (Å²) in [5, 5.41) is 2.84. The molecule has 1 aromatic heterocycles. The quantitative estimate of drug-likeness (QED) is 0.865. The molecule has 0 spiro atoms. The number of ether oxygens (including phenoxy) is 1. The van der Waals surface area contributed by atoms with Crippen LogP contribution in [0.4, 0.5) is 0 Å². The maximum absolute atomic E-state index is 11.9. The van der Waals surface area contributed by atoms with E-state index in [-0.39, 0.29) is 5.91 Å². The molecule has 1 heterocycles. The Bertz CT molecular complexity index is 535. The van der Waals surface area contributed by atoms with Gasteiger partial charge in [-0.15, -0.1) is 0 Å². The van der Waals surface area contributed by atoms with Crippen molar-refractivity contribution in [3.05, 3.63) is 53.9 Å². The highest BCUT2D eigenvalue weighted by molar-refractivity contribution is 5.80. The van der Waals surface area contributed by atoms with Crippen molar-refractivity contribution in [3.63, 3.8) is 0 Å². The zero-order valence-corrected chi connectivity index (χ0v) is 11.1. The molecule has 1 unspecified atom stereocenters. The predicted molar refractivity (Wildman–Crippen MR) is 73.9 cm³/mol. The van der Waals surface area contributed by atoms with Crippen molar-refractivity contribution in [3.8, 4) is 5.75 Å². The fraction of sp³-hybridized carbons (Fsp3) is 0.267. The first-order chi connectivity index (χ1) is 9.15. The molecule has 0 saturated carbocycles. The second-order valence-electron chi connectivity index (χ2n) is 4.51. The molecule has 1 atom stereocenters. The van der Waals surface area contributed by atoms with Crippen molar-refractivity contribution in [2.45, 2.75) is 26.5 Å². The molecule has 0 bridgehead atoms. The predicted octanol–water partition coefficient (Wildman–Crippen LogP) is 2.41. The lowest BCUT2D eigenvalue weighted by Gasteiger charge is -2.14. The first-order valence-electron chi connectivity index (χ1n) is 6.28. The Balaban J connectivity index is 1.85. The van der Waals surface area contributed by atoms with Gasteiger partial charge < -0.3 is 15.0 Å². The summed E-state index contributed by atoms with van der Waals surface area (Å²) in [4.78, 5) is 14.8. The van der Waals surface area contributed by atoms with Crippen LogP contribution in [-0.2, 0) is 11.3 Å². The third kappa shape index (κ3) is 3.88. The van der Waals surface area contributed by atoms with Crippen molar-refractivity contribution < 1.29 is 9.53 Å². The van der Waals surface area contributed by atoms with Crippen LogP contribution in [0, 0.1) is 6.92 Å². The van der Waals surface area contributed by atoms with Gasteiger partial charge in [-0.05, 0) is 43.2 Å². The molecule has 0 aliphatic rings. The highest BCUT2D eigenvalue weighted by Gasteiger charge is 2.14. The fourth-order valence-electron chi connectivity index (χ4n) is 1.75. The number of carbonyl (C=O) groups is 1. The summed E-state index contributed by atoms with van der Waals surface area (Å²) in [6.07, 6.45) is 3.17. The van der Waals surface area contributed by atoms with Gasteiger partial charge >= 0.3 is 0 Å². The van der Waals surface area contributed by atoms with E-state index in [9.17, 15) is 4.79 Å². The molecule has 2 N–H and O–H groups in total. The Kier molecular flexibility index (Phi) is 4.23. The van der Waals surface area contributed by atoms with Gasteiger partial charge in [0.25, 0.3) is 5.91 Å². The first kappa shape index (κ1) is 13.2. The standard InChI is InChI=1S/C15H18N2O2/c1-11-4-3-5-14(8-11)19-12(2)15(18)17-10-13-6-7-16-9-13/h3-9,12,16H,10H2,1-2H3,(H,17,18). The molecule has 100 valence electrons. The SMILES string of the molecule is Cc1cccc(OC(C)C(=O)NCc2cc[nH]c2)c1. The van der Waals surface area contributed by atoms with Gasteiger partial charge in [0, 0.05) is 18.9 Å². The van der Waals surface area contributed by atoms with Gasteiger partial charge in [0.15, 0.2) is 6.10 Å². The molecule has 1 amide bonds. The smallest absolute Gasteiger partial charge is 0.261 e. The van der Waals surface area contributed by atoms with Crippen LogP contribution < -0.4 is 10.1 Å². The van der Waals surface area contributed by atoms with Gasteiger partial charge in [0.1, 0.15) is 5.75 Å². The number of hydrogen-bond donors (Lipinski definition) is 2. The van der Waals surface area contributed by atoms with Crippen molar-refractivity contribution in [2.24, 2.45) is 0 Å². The number of H-pyrrole nitrogens is 1. The van der Waals surface area contributed by atoms with E-state index in [4.69, 9.17) is 4.74 Å². The van der Waals surface area contributed by atoms with E-state index in [1.165, 1.54) is 0 Å². The minimum absolute atomic E-state index is 0.122. The number of aryl methyl sites for hydroxylation is 1. The Labute approximate surface area is 112 Å². The molecule has 0 radical (unpaired) electrons. The topological polar surface area (TPSA) is 54.1 Å². The number of rotatable bonds is 5. The largest absolute Gasteiger partial charge is 0.481 e.